The van der Waals surface area contributed by atoms with Crippen molar-refractivity contribution >= 4 is 5.97 Å². The highest BCUT2D eigenvalue weighted by Crippen LogP contribution is 2.57. The summed E-state index contributed by atoms with van der Waals surface area (Å²) >= 11 is 0. The van der Waals surface area contributed by atoms with Gasteiger partial charge in [0.05, 0.1) is 0 Å². The molecule has 2 nitrogen and oxygen atoms in total. The first-order valence-electron chi connectivity index (χ1n) is 5.36. The lowest BCUT2D eigenvalue weighted by Crippen LogP contribution is -2.67. The molecule has 0 aliphatic carbocycles. The third kappa shape index (κ3) is 3.37. The summed E-state index contributed by atoms with van der Waals surface area (Å²) in [6.07, 6.45) is -14.4. The molecule has 23 heavy (non-hydrogen) atoms. The van der Waals surface area contributed by atoms with Gasteiger partial charge in [-0.25, -0.2) is 4.79 Å². The monoisotopic (exact) mass is 368 g/mol. The Morgan fingerprint density at radius 1 is 0.826 bits per heavy atom. The molecule has 0 saturated carbocycles. The Labute approximate surface area is 120 Å². The van der Waals surface area contributed by atoms with Crippen LogP contribution in [-0.2, 0) is 9.53 Å². The lowest BCUT2D eigenvalue weighted by molar-refractivity contribution is -0.449. The molecule has 0 atom stereocenters. The van der Waals surface area contributed by atoms with Gasteiger partial charge in [-0.05, 0) is 6.42 Å². The maximum atomic E-state index is 12.9. The molecule has 0 unspecified atom stereocenters. The zero-order valence-electron chi connectivity index (χ0n) is 10.9. The summed E-state index contributed by atoms with van der Waals surface area (Å²) < 4.78 is 140. The van der Waals surface area contributed by atoms with Crippen LogP contribution in [0.1, 0.15) is 13.3 Å². The quantitative estimate of drug-likeness (QED) is 0.391. The van der Waals surface area contributed by atoms with Crippen molar-refractivity contribution in [3.63, 3.8) is 0 Å². The maximum Gasteiger partial charge on any atom is 0.473 e. The van der Waals surface area contributed by atoms with Gasteiger partial charge in [-0.1, -0.05) is 13.5 Å². The van der Waals surface area contributed by atoms with Crippen LogP contribution in [0.5, 0.6) is 0 Å². The van der Waals surface area contributed by atoms with Crippen LogP contribution in [0.2, 0.25) is 0 Å². The van der Waals surface area contributed by atoms with Gasteiger partial charge in [-0.3, -0.25) is 0 Å². The SMILES string of the molecule is C=C(CC)C(=O)OC(F)(F)C(F)(F)C(F)(F)C(F)(F)C(F)(F)F. The molecule has 0 heterocycles. The van der Waals surface area contributed by atoms with Crippen LogP contribution in [0.15, 0.2) is 12.2 Å². The molecule has 0 N–H and O–H groups in total. The first kappa shape index (κ1) is 21.4. The molecular formula is C10H7F11O2. The van der Waals surface area contributed by atoms with Gasteiger partial charge in [0.25, 0.3) is 0 Å². The molecule has 0 fully saturated rings. The highest BCUT2D eigenvalue weighted by atomic mass is 19.4. The van der Waals surface area contributed by atoms with E-state index >= 15 is 0 Å². The van der Waals surface area contributed by atoms with Crippen molar-refractivity contribution in [2.45, 2.75) is 43.4 Å². The lowest BCUT2D eigenvalue weighted by atomic mass is 10.0. The van der Waals surface area contributed by atoms with E-state index in [2.05, 4.69) is 11.3 Å². The fourth-order valence-corrected chi connectivity index (χ4v) is 0.955. The van der Waals surface area contributed by atoms with Gasteiger partial charge < -0.3 is 4.74 Å². The van der Waals surface area contributed by atoms with E-state index in [1.165, 1.54) is 0 Å². The average molecular weight is 368 g/mol. The smallest absolute Gasteiger partial charge is 0.393 e. The second kappa shape index (κ2) is 5.82. The second-order valence-electron chi connectivity index (χ2n) is 4.08. The van der Waals surface area contributed by atoms with E-state index < -0.39 is 48.0 Å². The van der Waals surface area contributed by atoms with E-state index in [9.17, 15) is 53.1 Å². The summed E-state index contributed by atoms with van der Waals surface area (Å²) in [4.78, 5) is 10.8. The normalized spacial score (nSPS) is 14.6. The van der Waals surface area contributed by atoms with Gasteiger partial charge in [0.2, 0.25) is 0 Å². The summed E-state index contributed by atoms with van der Waals surface area (Å²) in [6, 6.07) is 0. The number of hydrogen-bond acceptors (Lipinski definition) is 2. The van der Waals surface area contributed by atoms with Crippen molar-refractivity contribution in [1.29, 1.82) is 0 Å². The second-order valence-corrected chi connectivity index (χ2v) is 4.08. The number of carbonyl (C=O) groups excluding carboxylic acids is 1. The molecule has 0 radical (unpaired) electrons. The van der Waals surface area contributed by atoms with Crippen LogP contribution in [0.4, 0.5) is 48.3 Å². The van der Waals surface area contributed by atoms with Gasteiger partial charge in [-0.2, -0.15) is 48.3 Å². The number of alkyl halides is 11. The molecule has 0 aromatic carbocycles. The average Bonchev–Trinajstić information content (AvgIpc) is 2.34. The van der Waals surface area contributed by atoms with Gasteiger partial charge >= 0.3 is 36.0 Å². The van der Waals surface area contributed by atoms with Crippen LogP contribution in [0.3, 0.4) is 0 Å². The summed E-state index contributed by atoms with van der Waals surface area (Å²) in [5, 5.41) is 0. The Bertz CT molecular complexity index is 478. The molecule has 0 amide bonds. The van der Waals surface area contributed by atoms with Gasteiger partial charge in [0.15, 0.2) is 0 Å². The van der Waals surface area contributed by atoms with Crippen molar-refractivity contribution in [1.82, 2.24) is 0 Å². The van der Waals surface area contributed by atoms with Crippen LogP contribution in [0, 0.1) is 0 Å². The molecule has 0 aromatic rings. The summed E-state index contributed by atoms with van der Waals surface area (Å²) in [7, 11) is 0. The highest BCUT2D eigenvalue weighted by Gasteiger charge is 2.88. The van der Waals surface area contributed by atoms with E-state index in [-0.39, 0.29) is 0 Å². The first-order chi connectivity index (χ1) is 9.87. The predicted octanol–water partition coefficient (Wildman–Crippen LogP) is 4.56. The van der Waals surface area contributed by atoms with Gasteiger partial charge in [0, 0.05) is 5.57 Å². The minimum atomic E-state index is -7.62. The number of hydrogen-bond donors (Lipinski definition) is 0. The zero-order valence-corrected chi connectivity index (χ0v) is 10.9. The lowest BCUT2D eigenvalue weighted by Gasteiger charge is -2.36. The Hall–Kier alpha value is -1.56. The molecule has 0 spiro atoms. The van der Waals surface area contributed by atoms with Crippen molar-refractivity contribution in [2.24, 2.45) is 0 Å². The van der Waals surface area contributed by atoms with E-state index in [4.69, 9.17) is 0 Å². The summed E-state index contributed by atoms with van der Waals surface area (Å²) in [5.41, 5.74) is -0.939. The van der Waals surface area contributed by atoms with Crippen molar-refractivity contribution < 1.29 is 57.8 Å². The summed E-state index contributed by atoms with van der Waals surface area (Å²) in [5.74, 6) is -24.9. The molecular weight excluding hydrogens is 361 g/mol. The zero-order chi connectivity index (χ0) is 19.1. The van der Waals surface area contributed by atoms with Crippen molar-refractivity contribution in [3.05, 3.63) is 12.2 Å². The third-order valence-corrected chi connectivity index (χ3v) is 2.45. The summed E-state index contributed by atoms with van der Waals surface area (Å²) in [6.45, 7) is 3.80. The van der Waals surface area contributed by atoms with Crippen LogP contribution in [0.25, 0.3) is 0 Å². The van der Waals surface area contributed by atoms with E-state index in [1.807, 2.05) is 0 Å². The number of esters is 1. The standard InChI is InChI=1S/C10H7F11O2/c1-3-4(2)5(22)23-10(20,21)8(15,16)6(11,12)7(13,14)9(17,18)19/h2-3H2,1H3. The molecule has 0 saturated heterocycles. The number of ether oxygens (including phenoxy) is 1. The van der Waals surface area contributed by atoms with Crippen molar-refractivity contribution in [2.75, 3.05) is 0 Å². The Morgan fingerprint density at radius 2 is 1.22 bits per heavy atom. The first-order valence-corrected chi connectivity index (χ1v) is 5.36. The Balaban J connectivity index is 5.85. The minimum Gasteiger partial charge on any atom is -0.393 e. The number of carbonyl (C=O) groups is 1. The highest BCUT2D eigenvalue weighted by molar-refractivity contribution is 5.87. The largest absolute Gasteiger partial charge is 0.473 e. The van der Waals surface area contributed by atoms with E-state index in [0.717, 1.165) is 6.92 Å². The van der Waals surface area contributed by atoms with Crippen LogP contribution < -0.4 is 0 Å². The molecule has 0 aliphatic heterocycles. The van der Waals surface area contributed by atoms with Gasteiger partial charge in [-0.15, -0.1) is 0 Å². The fraction of sp³-hybridized carbons (Fsp3) is 0.700. The van der Waals surface area contributed by atoms with E-state index in [0.29, 0.717) is 0 Å². The van der Waals surface area contributed by atoms with Gasteiger partial charge in [0.1, 0.15) is 0 Å². The minimum absolute atomic E-state index is 0.477. The fourth-order valence-electron chi connectivity index (χ4n) is 0.955. The molecule has 0 rings (SSSR count). The molecule has 0 aliphatic rings. The Morgan fingerprint density at radius 3 is 1.52 bits per heavy atom. The van der Waals surface area contributed by atoms with E-state index in [1.54, 1.807) is 0 Å². The molecule has 0 aromatic heterocycles. The predicted molar refractivity (Wildman–Crippen MR) is 51.4 cm³/mol. The number of rotatable bonds is 6. The topological polar surface area (TPSA) is 26.3 Å². The molecule has 0 bridgehead atoms. The third-order valence-electron chi connectivity index (χ3n) is 2.45. The Kier molecular flexibility index (Phi) is 5.42. The molecule has 13 heteroatoms. The van der Waals surface area contributed by atoms with Crippen LogP contribution >= 0.6 is 0 Å². The number of halogens is 11. The van der Waals surface area contributed by atoms with Crippen LogP contribution in [-0.4, -0.2) is 36.0 Å². The maximum absolute atomic E-state index is 12.9. The van der Waals surface area contributed by atoms with Crippen molar-refractivity contribution in [3.8, 4) is 0 Å². The molecule has 136 valence electrons.